The highest BCUT2D eigenvalue weighted by atomic mass is 19.1. The Morgan fingerprint density at radius 2 is 1.95 bits per heavy atom. The van der Waals surface area contributed by atoms with Crippen molar-refractivity contribution in [2.45, 2.75) is 18.6 Å². The van der Waals surface area contributed by atoms with Gasteiger partial charge in [0.25, 0.3) is 0 Å². The Morgan fingerprint density at radius 1 is 1.29 bits per heavy atom. The molecule has 2 heterocycles. The maximum Gasteiger partial charge on any atom is 0.171 e. The van der Waals surface area contributed by atoms with Gasteiger partial charge >= 0.3 is 0 Å². The molecule has 112 valence electrons. The van der Waals surface area contributed by atoms with Gasteiger partial charge in [0, 0.05) is 37.7 Å². The summed E-state index contributed by atoms with van der Waals surface area (Å²) in [6.45, 7) is 2.71. The number of piperidine rings is 1. The van der Waals surface area contributed by atoms with Crippen LogP contribution in [0.15, 0.2) is 12.1 Å². The highest BCUT2D eigenvalue weighted by Crippen LogP contribution is 2.35. The van der Waals surface area contributed by atoms with E-state index in [1.54, 1.807) is 6.07 Å². The minimum atomic E-state index is -0.555. The van der Waals surface area contributed by atoms with Gasteiger partial charge in [-0.25, -0.2) is 4.39 Å². The second-order valence-electron chi connectivity index (χ2n) is 5.21. The zero-order valence-electron chi connectivity index (χ0n) is 11.9. The second kappa shape index (κ2) is 5.51. The van der Waals surface area contributed by atoms with Crippen LogP contribution < -0.4 is 9.64 Å². The van der Waals surface area contributed by atoms with Crippen LogP contribution in [-0.4, -0.2) is 39.2 Å². The van der Waals surface area contributed by atoms with Crippen molar-refractivity contribution in [2.75, 3.05) is 38.3 Å². The molecule has 0 bridgehead atoms. The van der Waals surface area contributed by atoms with Gasteiger partial charge in [0.05, 0.1) is 20.3 Å². The molecule has 0 aliphatic carbocycles. The molecule has 0 aromatic heterocycles. The lowest BCUT2D eigenvalue weighted by Crippen LogP contribution is -2.45. The summed E-state index contributed by atoms with van der Waals surface area (Å²) in [6, 6.07) is 4.91. The van der Waals surface area contributed by atoms with E-state index in [9.17, 15) is 4.39 Å². The Kier molecular flexibility index (Phi) is 3.70. The van der Waals surface area contributed by atoms with Gasteiger partial charge in [-0.05, 0) is 6.07 Å². The lowest BCUT2D eigenvalue weighted by atomic mass is 10.0. The molecule has 6 heteroatoms. The quantitative estimate of drug-likeness (QED) is 0.835. The third kappa shape index (κ3) is 2.55. The zero-order chi connectivity index (χ0) is 14.9. The number of methoxy groups -OCH3 is 1. The number of benzene rings is 1. The Bertz CT molecular complexity index is 569. The molecule has 5 nitrogen and oxygen atoms in total. The predicted octanol–water partition coefficient (Wildman–Crippen LogP) is 2.05. The molecule has 2 fully saturated rings. The summed E-state index contributed by atoms with van der Waals surface area (Å²) in [5.74, 6) is -0.743. The standard InChI is InChI=1S/C15H17FN2O3/c1-19-14-9-11(8-13(16)12(14)10-17)18-4-2-15(3-5-18)20-6-7-21-15/h8-9H,2-7H2,1H3. The van der Waals surface area contributed by atoms with E-state index in [2.05, 4.69) is 4.90 Å². The van der Waals surface area contributed by atoms with Crippen LogP contribution in [0.25, 0.3) is 0 Å². The molecule has 1 spiro atoms. The third-order valence-electron chi connectivity index (χ3n) is 4.07. The summed E-state index contributed by atoms with van der Waals surface area (Å²) in [5, 5.41) is 8.95. The largest absolute Gasteiger partial charge is 0.495 e. The summed E-state index contributed by atoms with van der Waals surface area (Å²) in [7, 11) is 1.44. The lowest BCUT2D eigenvalue weighted by Gasteiger charge is -2.38. The molecule has 0 radical (unpaired) electrons. The molecule has 3 rings (SSSR count). The Balaban J connectivity index is 1.79. The Morgan fingerprint density at radius 3 is 2.52 bits per heavy atom. The molecular weight excluding hydrogens is 275 g/mol. The smallest absolute Gasteiger partial charge is 0.171 e. The van der Waals surface area contributed by atoms with Crippen molar-refractivity contribution in [2.24, 2.45) is 0 Å². The van der Waals surface area contributed by atoms with Crippen molar-refractivity contribution in [1.29, 1.82) is 5.26 Å². The molecule has 2 saturated heterocycles. The average Bonchev–Trinajstić information content (AvgIpc) is 2.95. The number of anilines is 1. The van der Waals surface area contributed by atoms with Gasteiger partial charge in [0.1, 0.15) is 23.2 Å². The first-order valence-electron chi connectivity index (χ1n) is 6.98. The van der Waals surface area contributed by atoms with Crippen molar-refractivity contribution >= 4 is 5.69 Å². The summed E-state index contributed by atoms with van der Waals surface area (Å²) in [4.78, 5) is 2.06. The van der Waals surface area contributed by atoms with Gasteiger partial charge in [-0.2, -0.15) is 5.26 Å². The van der Waals surface area contributed by atoms with Gasteiger partial charge in [-0.15, -0.1) is 0 Å². The number of halogens is 1. The fraction of sp³-hybridized carbons (Fsp3) is 0.533. The summed E-state index contributed by atoms with van der Waals surface area (Å²) >= 11 is 0. The van der Waals surface area contributed by atoms with Crippen LogP contribution in [0.2, 0.25) is 0 Å². The average molecular weight is 292 g/mol. The van der Waals surface area contributed by atoms with Crippen LogP contribution in [0, 0.1) is 17.1 Å². The van der Waals surface area contributed by atoms with Crippen LogP contribution in [0.3, 0.4) is 0 Å². The molecule has 0 N–H and O–H groups in total. The third-order valence-corrected chi connectivity index (χ3v) is 4.07. The topological polar surface area (TPSA) is 54.7 Å². The first-order chi connectivity index (χ1) is 10.2. The molecule has 0 atom stereocenters. The summed E-state index contributed by atoms with van der Waals surface area (Å²) in [6.07, 6.45) is 1.49. The number of hydrogen-bond donors (Lipinski definition) is 0. The van der Waals surface area contributed by atoms with Gasteiger partial charge in [0.2, 0.25) is 0 Å². The maximum atomic E-state index is 14.0. The minimum Gasteiger partial charge on any atom is -0.495 e. The molecule has 1 aromatic rings. The SMILES string of the molecule is COc1cc(N2CCC3(CC2)OCCO3)cc(F)c1C#N. The van der Waals surface area contributed by atoms with Crippen LogP contribution in [-0.2, 0) is 9.47 Å². The van der Waals surface area contributed by atoms with Crippen molar-refractivity contribution in [3.05, 3.63) is 23.5 Å². The van der Waals surface area contributed by atoms with Gasteiger partial charge in [-0.1, -0.05) is 0 Å². The molecule has 0 amide bonds. The number of nitriles is 1. The highest BCUT2D eigenvalue weighted by molar-refractivity contribution is 5.58. The van der Waals surface area contributed by atoms with E-state index in [-0.39, 0.29) is 11.3 Å². The molecular formula is C15H17FN2O3. The molecule has 0 saturated carbocycles. The second-order valence-corrected chi connectivity index (χ2v) is 5.21. The van der Waals surface area contributed by atoms with Gasteiger partial charge < -0.3 is 19.1 Å². The highest BCUT2D eigenvalue weighted by Gasteiger charge is 2.39. The van der Waals surface area contributed by atoms with Crippen LogP contribution in [0.4, 0.5) is 10.1 Å². The van der Waals surface area contributed by atoms with Crippen molar-refractivity contribution in [3.8, 4) is 11.8 Å². The number of hydrogen-bond acceptors (Lipinski definition) is 5. The molecule has 21 heavy (non-hydrogen) atoms. The molecule has 2 aliphatic rings. The molecule has 0 unspecified atom stereocenters. The van der Waals surface area contributed by atoms with E-state index < -0.39 is 11.6 Å². The van der Waals surface area contributed by atoms with E-state index in [1.807, 2.05) is 6.07 Å². The number of rotatable bonds is 2. The van der Waals surface area contributed by atoms with Gasteiger partial charge in [-0.3, -0.25) is 0 Å². The van der Waals surface area contributed by atoms with Crippen molar-refractivity contribution in [1.82, 2.24) is 0 Å². The minimum absolute atomic E-state index is 0.0582. The Hall–Kier alpha value is -1.84. The summed E-state index contributed by atoms with van der Waals surface area (Å²) in [5.41, 5.74) is 0.661. The molecule has 1 aromatic carbocycles. The fourth-order valence-electron chi connectivity index (χ4n) is 2.91. The van der Waals surface area contributed by atoms with E-state index in [0.29, 0.717) is 26.3 Å². The first kappa shape index (κ1) is 14.1. The summed E-state index contributed by atoms with van der Waals surface area (Å²) < 4.78 is 30.4. The van der Waals surface area contributed by atoms with E-state index in [0.717, 1.165) is 18.5 Å². The van der Waals surface area contributed by atoms with Crippen LogP contribution in [0.1, 0.15) is 18.4 Å². The number of nitrogens with zero attached hydrogens (tertiary/aromatic N) is 2. The van der Waals surface area contributed by atoms with Gasteiger partial charge in [0.15, 0.2) is 5.79 Å². The van der Waals surface area contributed by atoms with E-state index in [1.165, 1.54) is 13.2 Å². The zero-order valence-corrected chi connectivity index (χ0v) is 11.9. The monoisotopic (exact) mass is 292 g/mol. The van der Waals surface area contributed by atoms with E-state index >= 15 is 0 Å². The van der Waals surface area contributed by atoms with Crippen LogP contribution in [0.5, 0.6) is 5.75 Å². The lowest BCUT2D eigenvalue weighted by molar-refractivity contribution is -0.169. The first-order valence-corrected chi connectivity index (χ1v) is 6.98. The predicted molar refractivity (Wildman–Crippen MR) is 73.7 cm³/mol. The van der Waals surface area contributed by atoms with Crippen LogP contribution >= 0.6 is 0 Å². The fourth-order valence-corrected chi connectivity index (χ4v) is 2.91. The normalized spacial score (nSPS) is 20.5. The molecule has 2 aliphatic heterocycles. The van der Waals surface area contributed by atoms with E-state index in [4.69, 9.17) is 19.5 Å². The van der Waals surface area contributed by atoms with Crippen molar-refractivity contribution in [3.63, 3.8) is 0 Å². The Labute approximate surface area is 122 Å². The van der Waals surface area contributed by atoms with Crippen molar-refractivity contribution < 1.29 is 18.6 Å². The number of ether oxygens (including phenoxy) is 3. The maximum absolute atomic E-state index is 14.0.